The molecule has 0 aliphatic rings. The molecule has 272 valence electrons. The number of carboxylic acid groups (broad SMARTS) is 2. The van der Waals surface area contributed by atoms with Crippen molar-refractivity contribution in [2.45, 2.75) is 245 Å². The Labute approximate surface area is 287 Å². The molecule has 0 aromatic heterocycles. The fourth-order valence-corrected chi connectivity index (χ4v) is 6.86. The molecule has 4 nitrogen and oxygen atoms in total. The van der Waals surface area contributed by atoms with Crippen molar-refractivity contribution in [3.63, 3.8) is 0 Å². The lowest BCUT2D eigenvalue weighted by Gasteiger charge is -2.14. The standard InChI is InChI=1S/C42H80O4/c1-3-5-7-9-11-13-19-23-27-31-35-39(40(42(45)46)37-33-29-25-21-14-12-10-8-6-4-2)36-32-28-24-20-17-15-16-18-22-26-30-34-38-41(43)44/h3-38H2,1-2H3,(H,43,44)(H,45,46). The van der Waals surface area contributed by atoms with Gasteiger partial charge in [-0.2, -0.15) is 0 Å². The smallest absolute Gasteiger partial charge is 0.331 e. The first kappa shape index (κ1) is 44.7. The quantitative estimate of drug-likeness (QED) is 0.0516. The predicted molar refractivity (Wildman–Crippen MR) is 200 cm³/mol. The molecule has 0 fully saturated rings. The first-order chi connectivity index (χ1) is 22.5. The van der Waals surface area contributed by atoms with Crippen molar-refractivity contribution in [3.05, 3.63) is 11.1 Å². The molecule has 0 rings (SSSR count). The summed E-state index contributed by atoms with van der Waals surface area (Å²) in [6, 6.07) is 0. The molecule has 0 amide bonds. The van der Waals surface area contributed by atoms with Gasteiger partial charge < -0.3 is 10.2 Å². The van der Waals surface area contributed by atoms with E-state index in [1.165, 1.54) is 179 Å². The zero-order chi connectivity index (χ0) is 33.8. The predicted octanol–water partition coefficient (Wildman–Crippen LogP) is 14.5. The van der Waals surface area contributed by atoms with Gasteiger partial charge in [0.2, 0.25) is 0 Å². The molecule has 0 bridgehead atoms. The van der Waals surface area contributed by atoms with Crippen LogP contribution in [0.3, 0.4) is 0 Å². The number of hydrogen-bond acceptors (Lipinski definition) is 2. The van der Waals surface area contributed by atoms with E-state index in [0.29, 0.717) is 6.42 Å². The summed E-state index contributed by atoms with van der Waals surface area (Å²) in [5.41, 5.74) is 2.03. The van der Waals surface area contributed by atoms with E-state index in [1.54, 1.807) is 0 Å². The molecule has 0 aliphatic heterocycles. The lowest BCUT2D eigenvalue weighted by atomic mass is 9.92. The molecule has 0 saturated carbocycles. The van der Waals surface area contributed by atoms with E-state index in [-0.39, 0.29) is 0 Å². The van der Waals surface area contributed by atoms with Crippen molar-refractivity contribution in [2.75, 3.05) is 0 Å². The molecule has 0 heterocycles. The molecule has 0 aliphatic carbocycles. The second-order valence-corrected chi connectivity index (χ2v) is 14.4. The maximum Gasteiger partial charge on any atom is 0.331 e. The summed E-state index contributed by atoms with van der Waals surface area (Å²) < 4.78 is 0. The van der Waals surface area contributed by atoms with Crippen LogP contribution in [0.2, 0.25) is 0 Å². The van der Waals surface area contributed by atoms with Gasteiger partial charge in [-0.15, -0.1) is 0 Å². The third-order valence-corrected chi connectivity index (χ3v) is 9.92. The molecule has 0 unspecified atom stereocenters. The van der Waals surface area contributed by atoms with Gasteiger partial charge in [0.1, 0.15) is 0 Å². The van der Waals surface area contributed by atoms with Crippen LogP contribution in [0.5, 0.6) is 0 Å². The molecule has 0 saturated heterocycles. The van der Waals surface area contributed by atoms with Crippen molar-refractivity contribution >= 4 is 11.9 Å². The van der Waals surface area contributed by atoms with Crippen LogP contribution >= 0.6 is 0 Å². The Morgan fingerprint density at radius 2 is 0.565 bits per heavy atom. The third-order valence-electron chi connectivity index (χ3n) is 9.92. The summed E-state index contributed by atoms with van der Waals surface area (Å²) in [7, 11) is 0. The van der Waals surface area contributed by atoms with Gasteiger partial charge in [-0.25, -0.2) is 4.79 Å². The van der Waals surface area contributed by atoms with Crippen LogP contribution in [0.15, 0.2) is 11.1 Å². The normalized spacial score (nSPS) is 12.0. The van der Waals surface area contributed by atoms with Crippen molar-refractivity contribution in [3.8, 4) is 0 Å². The van der Waals surface area contributed by atoms with E-state index in [9.17, 15) is 14.7 Å². The highest BCUT2D eigenvalue weighted by atomic mass is 16.4. The van der Waals surface area contributed by atoms with Crippen LogP contribution in [0.1, 0.15) is 245 Å². The minimum absolute atomic E-state index is 0.313. The summed E-state index contributed by atoms with van der Waals surface area (Å²) in [6.45, 7) is 4.55. The van der Waals surface area contributed by atoms with E-state index < -0.39 is 11.9 Å². The monoisotopic (exact) mass is 649 g/mol. The zero-order valence-electron chi connectivity index (χ0n) is 31.2. The maximum atomic E-state index is 12.4. The van der Waals surface area contributed by atoms with Crippen LogP contribution in [0.4, 0.5) is 0 Å². The van der Waals surface area contributed by atoms with Gasteiger partial charge in [-0.1, -0.05) is 199 Å². The number of rotatable bonds is 38. The van der Waals surface area contributed by atoms with Crippen molar-refractivity contribution < 1.29 is 19.8 Å². The summed E-state index contributed by atoms with van der Waals surface area (Å²) >= 11 is 0. The molecular weight excluding hydrogens is 568 g/mol. The maximum absolute atomic E-state index is 12.4. The van der Waals surface area contributed by atoms with E-state index in [4.69, 9.17) is 5.11 Å². The average molecular weight is 649 g/mol. The first-order valence-corrected chi connectivity index (χ1v) is 20.7. The molecule has 0 spiro atoms. The van der Waals surface area contributed by atoms with Crippen LogP contribution in [0, 0.1) is 0 Å². The van der Waals surface area contributed by atoms with E-state index in [1.807, 2.05) is 0 Å². The molecule has 4 heteroatoms. The Bertz CT molecular complexity index is 698. The van der Waals surface area contributed by atoms with Crippen LogP contribution in [-0.2, 0) is 9.59 Å². The number of unbranched alkanes of at least 4 members (excludes halogenated alkanes) is 29. The first-order valence-electron chi connectivity index (χ1n) is 20.7. The van der Waals surface area contributed by atoms with Gasteiger partial charge >= 0.3 is 11.9 Å². The number of allylic oxidation sites excluding steroid dienone is 1. The summed E-state index contributed by atoms with van der Waals surface area (Å²) in [5, 5.41) is 18.9. The second-order valence-electron chi connectivity index (χ2n) is 14.4. The van der Waals surface area contributed by atoms with Gasteiger partial charge in [-0.3, -0.25) is 4.79 Å². The van der Waals surface area contributed by atoms with Crippen molar-refractivity contribution in [2.24, 2.45) is 0 Å². The van der Waals surface area contributed by atoms with Crippen molar-refractivity contribution in [1.29, 1.82) is 0 Å². The minimum Gasteiger partial charge on any atom is -0.481 e. The van der Waals surface area contributed by atoms with E-state index >= 15 is 0 Å². The summed E-state index contributed by atoms with van der Waals surface area (Å²) in [5.74, 6) is -1.33. The Morgan fingerprint density at radius 1 is 0.326 bits per heavy atom. The number of hydrogen-bond donors (Lipinski definition) is 2. The van der Waals surface area contributed by atoms with Crippen LogP contribution in [-0.4, -0.2) is 22.2 Å². The molecule has 2 N–H and O–H groups in total. The van der Waals surface area contributed by atoms with Gasteiger partial charge in [-0.05, 0) is 44.9 Å². The minimum atomic E-state index is -0.673. The van der Waals surface area contributed by atoms with Gasteiger partial charge in [0.05, 0.1) is 0 Å². The average Bonchev–Trinajstić information content (AvgIpc) is 3.03. The van der Waals surface area contributed by atoms with Crippen molar-refractivity contribution in [1.82, 2.24) is 0 Å². The third kappa shape index (κ3) is 32.6. The largest absolute Gasteiger partial charge is 0.481 e. The zero-order valence-corrected chi connectivity index (χ0v) is 31.2. The lowest BCUT2D eigenvalue weighted by Crippen LogP contribution is -2.06. The molecule has 0 radical (unpaired) electrons. The second kappa shape index (κ2) is 36.5. The molecule has 0 aromatic carbocycles. The number of aliphatic carboxylic acids is 2. The van der Waals surface area contributed by atoms with Gasteiger partial charge in [0.15, 0.2) is 0 Å². The number of carbonyl (C=O) groups is 2. The fraction of sp³-hybridized carbons (Fsp3) is 0.905. The van der Waals surface area contributed by atoms with Gasteiger partial charge in [0.25, 0.3) is 0 Å². The summed E-state index contributed by atoms with van der Waals surface area (Å²) in [4.78, 5) is 23.0. The summed E-state index contributed by atoms with van der Waals surface area (Å²) in [6.07, 6.45) is 43.5. The highest BCUT2D eigenvalue weighted by Gasteiger charge is 2.14. The SMILES string of the molecule is CCCCCCCCCCCCC(CCCCCCCCCCCCCCC(=O)O)=C(CCCCCCCCCCCC)C(=O)O. The fourth-order valence-electron chi connectivity index (χ4n) is 6.86. The molecule has 0 aromatic rings. The Morgan fingerprint density at radius 3 is 0.826 bits per heavy atom. The van der Waals surface area contributed by atoms with Crippen LogP contribution in [0.25, 0.3) is 0 Å². The van der Waals surface area contributed by atoms with E-state index in [0.717, 1.165) is 56.9 Å². The lowest BCUT2D eigenvalue weighted by molar-refractivity contribution is -0.137. The highest BCUT2D eigenvalue weighted by molar-refractivity contribution is 5.87. The highest BCUT2D eigenvalue weighted by Crippen LogP contribution is 2.26. The molecular formula is C42H80O4. The Hall–Kier alpha value is -1.32. The Kier molecular flexibility index (Phi) is 35.5. The van der Waals surface area contributed by atoms with Gasteiger partial charge in [0, 0.05) is 12.0 Å². The van der Waals surface area contributed by atoms with Crippen LogP contribution < -0.4 is 0 Å². The molecule has 0 atom stereocenters. The topological polar surface area (TPSA) is 74.6 Å². The Balaban J connectivity index is 4.41. The number of carboxylic acids is 2. The molecule has 46 heavy (non-hydrogen) atoms. The van der Waals surface area contributed by atoms with E-state index in [2.05, 4.69) is 13.8 Å².